The molecule has 0 aromatic heterocycles. The Kier molecular flexibility index (Phi) is 10.4. The van der Waals surface area contributed by atoms with E-state index in [0.29, 0.717) is 5.41 Å². The average Bonchev–Trinajstić information content (AvgIpc) is 3.07. The van der Waals surface area contributed by atoms with Crippen molar-refractivity contribution < 1.29 is 4.74 Å². The van der Waals surface area contributed by atoms with Crippen molar-refractivity contribution in [3.8, 4) is 0 Å². The predicted molar refractivity (Wildman–Crippen MR) is 117 cm³/mol. The van der Waals surface area contributed by atoms with Gasteiger partial charge in [-0.3, -0.25) is 4.99 Å². The van der Waals surface area contributed by atoms with E-state index in [0.717, 1.165) is 38.5 Å². The summed E-state index contributed by atoms with van der Waals surface area (Å²) in [6.07, 6.45) is 7.42. The highest BCUT2D eigenvalue weighted by Gasteiger charge is 2.33. The molecule has 0 heterocycles. The Morgan fingerprint density at radius 3 is 2.56 bits per heavy atom. The third-order valence-corrected chi connectivity index (χ3v) is 5.30. The summed E-state index contributed by atoms with van der Waals surface area (Å²) in [5.74, 6) is 0.910. The Balaban J connectivity index is 0.00000312. The van der Waals surface area contributed by atoms with Gasteiger partial charge in [-0.05, 0) is 49.1 Å². The molecule has 1 aliphatic carbocycles. The molecule has 1 fully saturated rings. The molecule has 1 saturated carbocycles. The van der Waals surface area contributed by atoms with E-state index < -0.39 is 0 Å². The number of benzene rings is 1. The highest BCUT2D eigenvalue weighted by atomic mass is 127. The minimum absolute atomic E-state index is 0. The SMILES string of the molecule is CN=C(NCCc1ccccc1C)NCC1(CCOC)CCCC1.I. The van der Waals surface area contributed by atoms with Crippen LogP contribution in [0.4, 0.5) is 0 Å². The average molecular weight is 459 g/mol. The molecule has 142 valence electrons. The van der Waals surface area contributed by atoms with Gasteiger partial charge in [0.1, 0.15) is 0 Å². The highest BCUT2D eigenvalue weighted by Crippen LogP contribution is 2.40. The summed E-state index contributed by atoms with van der Waals surface area (Å²) in [5, 5.41) is 7.00. The van der Waals surface area contributed by atoms with Gasteiger partial charge in [0.2, 0.25) is 0 Å². The van der Waals surface area contributed by atoms with Crippen molar-refractivity contribution in [3.05, 3.63) is 35.4 Å². The fourth-order valence-electron chi connectivity index (χ4n) is 3.66. The lowest BCUT2D eigenvalue weighted by molar-refractivity contribution is 0.138. The molecule has 4 nitrogen and oxygen atoms in total. The van der Waals surface area contributed by atoms with Gasteiger partial charge < -0.3 is 15.4 Å². The second-order valence-electron chi connectivity index (χ2n) is 6.98. The smallest absolute Gasteiger partial charge is 0.191 e. The number of aliphatic imine (C=N–C) groups is 1. The molecule has 1 aromatic carbocycles. The summed E-state index contributed by atoms with van der Waals surface area (Å²) in [6.45, 7) is 4.90. The molecule has 25 heavy (non-hydrogen) atoms. The third kappa shape index (κ3) is 7.13. The summed E-state index contributed by atoms with van der Waals surface area (Å²) in [4.78, 5) is 4.38. The fraction of sp³-hybridized carbons (Fsp3) is 0.650. The second kappa shape index (κ2) is 11.7. The van der Waals surface area contributed by atoms with E-state index in [1.54, 1.807) is 7.11 Å². The molecule has 0 radical (unpaired) electrons. The standard InChI is InChI=1S/C20H33N3O.HI/c1-17-8-4-5-9-18(17)10-14-22-19(21-2)23-16-20(13-15-24-3)11-6-7-12-20;/h4-5,8-9H,6-7,10-16H2,1-3H3,(H2,21,22,23);1H. The Bertz CT molecular complexity index is 527. The Labute approximate surface area is 170 Å². The van der Waals surface area contributed by atoms with Gasteiger partial charge in [-0.25, -0.2) is 0 Å². The number of nitrogens with one attached hydrogen (secondary N) is 2. The maximum Gasteiger partial charge on any atom is 0.191 e. The lowest BCUT2D eigenvalue weighted by atomic mass is 9.83. The van der Waals surface area contributed by atoms with Crippen molar-refractivity contribution in [1.82, 2.24) is 10.6 Å². The van der Waals surface area contributed by atoms with Crippen LogP contribution >= 0.6 is 24.0 Å². The normalized spacial score (nSPS) is 16.4. The first kappa shape index (κ1) is 22.2. The van der Waals surface area contributed by atoms with Crippen LogP contribution < -0.4 is 10.6 Å². The van der Waals surface area contributed by atoms with Crippen LogP contribution in [0.5, 0.6) is 0 Å². The third-order valence-electron chi connectivity index (χ3n) is 5.30. The molecular formula is C20H34IN3O. The van der Waals surface area contributed by atoms with Gasteiger partial charge in [0.15, 0.2) is 5.96 Å². The molecule has 0 spiro atoms. The minimum Gasteiger partial charge on any atom is -0.385 e. The van der Waals surface area contributed by atoms with Crippen LogP contribution in [-0.2, 0) is 11.2 Å². The van der Waals surface area contributed by atoms with Crippen molar-refractivity contribution >= 4 is 29.9 Å². The topological polar surface area (TPSA) is 45.7 Å². The number of aryl methyl sites for hydroxylation is 1. The molecule has 0 saturated heterocycles. The summed E-state index contributed by atoms with van der Waals surface area (Å²) in [5.41, 5.74) is 3.13. The molecular weight excluding hydrogens is 425 g/mol. The van der Waals surface area contributed by atoms with E-state index in [-0.39, 0.29) is 24.0 Å². The number of guanidine groups is 1. The number of rotatable bonds is 8. The minimum atomic E-state index is 0. The van der Waals surface area contributed by atoms with Gasteiger partial charge >= 0.3 is 0 Å². The number of hydrogen-bond acceptors (Lipinski definition) is 2. The molecule has 0 bridgehead atoms. The zero-order valence-electron chi connectivity index (χ0n) is 15.9. The first-order valence-electron chi connectivity index (χ1n) is 9.17. The van der Waals surface area contributed by atoms with Crippen molar-refractivity contribution in [2.75, 3.05) is 33.9 Å². The van der Waals surface area contributed by atoms with E-state index in [9.17, 15) is 0 Å². The van der Waals surface area contributed by atoms with E-state index >= 15 is 0 Å². The molecule has 0 unspecified atom stereocenters. The number of nitrogens with zero attached hydrogens (tertiary/aromatic N) is 1. The molecule has 2 N–H and O–H groups in total. The van der Waals surface area contributed by atoms with E-state index in [1.807, 2.05) is 7.05 Å². The zero-order valence-corrected chi connectivity index (χ0v) is 18.3. The van der Waals surface area contributed by atoms with Gasteiger partial charge in [-0.1, -0.05) is 37.1 Å². The van der Waals surface area contributed by atoms with Crippen molar-refractivity contribution in [2.45, 2.75) is 45.4 Å². The first-order chi connectivity index (χ1) is 11.7. The molecule has 1 aromatic rings. The van der Waals surface area contributed by atoms with Gasteiger partial charge in [0.25, 0.3) is 0 Å². The van der Waals surface area contributed by atoms with Crippen LogP contribution in [-0.4, -0.2) is 39.8 Å². The summed E-state index contributed by atoms with van der Waals surface area (Å²) in [6, 6.07) is 8.57. The number of hydrogen-bond donors (Lipinski definition) is 2. The van der Waals surface area contributed by atoms with Gasteiger partial charge in [0.05, 0.1) is 0 Å². The van der Waals surface area contributed by atoms with Gasteiger partial charge in [0, 0.05) is 33.9 Å². The molecule has 0 amide bonds. The zero-order chi connectivity index (χ0) is 17.3. The van der Waals surface area contributed by atoms with Crippen molar-refractivity contribution in [2.24, 2.45) is 10.4 Å². The van der Waals surface area contributed by atoms with E-state index in [1.165, 1.54) is 36.8 Å². The maximum atomic E-state index is 5.31. The monoisotopic (exact) mass is 459 g/mol. The van der Waals surface area contributed by atoms with Crippen LogP contribution in [0.25, 0.3) is 0 Å². The Morgan fingerprint density at radius 2 is 1.92 bits per heavy atom. The fourth-order valence-corrected chi connectivity index (χ4v) is 3.66. The molecule has 5 heteroatoms. The lowest BCUT2D eigenvalue weighted by Gasteiger charge is -2.30. The molecule has 0 aliphatic heterocycles. The quantitative estimate of drug-likeness (QED) is 0.352. The second-order valence-corrected chi connectivity index (χ2v) is 6.98. The van der Waals surface area contributed by atoms with Crippen LogP contribution in [0, 0.1) is 12.3 Å². The first-order valence-corrected chi connectivity index (χ1v) is 9.17. The van der Waals surface area contributed by atoms with E-state index in [2.05, 4.69) is 46.8 Å². The Morgan fingerprint density at radius 1 is 1.20 bits per heavy atom. The Hall–Kier alpha value is -0.820. The summed E-state index contributed by atoms with van der Waals surface area (Å²) < 4.78 is 5.31. The molecule has 2 rings (SSSR count). The molecule has 1 aliphatic rings. The van der Waals surface area contributed by atoms with Crippen LogP contribution in [0.3, 0.4) is 0 Å². The summed E-state index contributed by atoms with van der Waals surface area (Å²) >= 11 is 0. The van der Waals surface area contributed by atoms with Crippen molar-refractivity contribution in [3.63, 3.8) is 0 Å². The van der Waals surface area contributed by atoms with Crippen LogP contribution in [0.2, 0.25) is 0 Å². The number of ether oxygens (including phenoxy) is 1. The van der Waals surface area contributed by atoms with Crippen molar-refractivity contribution in [1.29, 1.82) is 0 Å². The maximum absolute atomic E-state index is 5.31. The highest BCUT2D eigenvalue weighted by molar-refractivity contribution is 14.0. The van der Waals surface area contributed by atoms with E-state index in [4.69, 9.17) is 4.74 Å². The lowest BCUT2D eigenvalue weighted by Crippen LogP contribution is -2.44. The van der Waals surface area contributed by atoms with Gasteiger partial charge in [-0.2, -0.15) is 0 Å². The summed E-state index contributed by atoms with van der Waals surface area (Å²) in [7, 11) is 3.64. The largest absolute Gasteiger partial charge is 0.385 e. The molecule has 0 atom stereocenters. The van der Waals surface area contributed by atoms with Crippen LogP contribution in [0.1, 0.15) is 43.2 Å². The predicted octanol–water partition coefficient (Wildman–Crippen LogP) is 3.92. The number of halogens is 1. The number of methoxy groups -OCH3 is 1. The van der Waals surface area contributed by atoms with Crippen LogP contribution in [0.15, 0.2) is 29.3 Å². The van der Waals surface area contributed by atoms with Gasteiger partial charge in [-0.15, -0.1) is 24.0 Å².